The second-order valence-corrected chi connectivity index (χ2v) is 7.12. The van der Waals surface area contributed by atoms with Gasteiger partial charge in [-0.15, -0.1) is 11.3 Å². The minimum absolute atomic E-state index is 0.0101. The van der Waals surface area contributed by atoms with Crippen molar-refractivity contribution in [1.82, 2.24) is 14.9 Å². The number of hydrogen-bond donors (Lipinski definition) is 1. The van der Waals surface area contributed by atoms with E-state index in [0.29, 0.717) is 17.3 Å². The maximum absolute atomic E-state index is 11.9. The summed E-state index contributed by atoms with van der Waals surface area (Å²) in [6, 6.07) is 11.5. The zero-order valence-corrected chi connectivity index (χ0v) is 14.5. The molecule has 0 atom stereocenters. The van der Waals surface area contributed by atoms with Crippen LogP contribution in [-0.2, 0) is 11.3 Å². The van der Waals surface area contributed by atoms with E-state index in [-0.39, 0.29) is 5.91 Å². The zero-order valence-electron chi connectivity index (χ0n) is 12.1. The summed E-state index contributed by atoms with van der Waals surface area (Å²) in [5.74, 6) is 0.312. The van der Waals surface area contributed by atoms with E-state index in [1.165, 1.54) is 11.8 Å². The lowest BCUT2D eigenvalue weighted by atomic mass is 10.3. The van der Waals surface area contributed by atoms with Crippen LogP contribution in [0.15, 0.2) is 59.3 Å². The van der Waals surface area contributed by atoms with Crippen molar-refractivity contribution in [3.63, 3.8) is 0 Å². The van der Waals surface area contributed by atoms with Crippen molar-refractivity contribution in [2.24, 2.45) is 0 Å². The number of hydrogen-bond acceptors (Lipinski definition) is 4. The topological polar surface area (TPSA) is 46.9 Å². The van der Waals surface area contributed by atoms with Crippen LogP contribution in [0.1, 0.15) is 4.88 Å². The molecule has 2 heterocycles. The molecule has 0 aliphatic heterocycles. The monoisotopic (exact) mass is 363 g/mol. The van der Waals surface area contributed by atoms with Crippen LogP contribution in [0.4, 0.5) is 0 Å². The molecule has 0 aliphatic carbocycles. The molecule has 7 heteroatoms. The maximum atomic E-state index is 11.9. The first kappa shape index (κ1) is 16.1. The largest absolute Gasteiger partial charge is 0.350 e. The van der Waals surface area contributed by atoms with Gasteiger partial charge in [0.15, 0.2) is 5.16 Å². The quantitative estimate of drug-likeness (QED) is 0.673. The van der Waals surface area contributed by atoms with Gasteiger partial charge < -0.3 is 5.32 Å². The van der Waals surface area contributed by atoms with Crippen molar-refractivity contribution in [2.45, 2.75) is 11.7 Å². The lowest BCUT2D eigenvalue weighted by molar-refractivity contribution is -0.118. The Hall–Kier alpha value is -1.76. The van der Waals surface area contributed by atoms with Crippen molar-refractivity contribution in [2.75, 3.05) is 5.75 Å². The Morgan fingerprint density at radius 2 is 2.26 bits per heavy atom. The van der Waals surface area contributed by atoms with Crippen molar-refractivity contribution >= 4 is 40.6 Å². The van der Waals surface area contributed by atoms with E-state index >= 15 is 0 Å². The van der Waals surface area contributed by atoms with Crippen LogP contribution in [0, 0.1) is 0 Å². The Balaban J connectivity index is 1.58. The third kappa shape index (κ3) is 4.37. The number of nitrogens with zero attached hydrogens (tertiary/aromatic N) is 2. The molecule has 0 saturated heterocycles. The van der Waals surface area contributed by atoms with Crippen LogP contribution in [-0.4, -0.2) is 21.2 Å². The third-order valence-corrected chi connectivity index (χ3v) is 5.14. The Bertz CT molecular complexity index is 786. The average molecular weight is 364 g/mol. The summed E-state index contributed by atoms with van der Waals surface area (Å²) in [6.45, 7) is 0.569. The normalized spacial score (nSPS) is 10.7. The highest BCUT2D eigenvalue weighted by Crippen LogP contribution is 2.22. The van der Waals surface area contributed by atoms with Crippen LogP contribution in [0.2, 0.25) is 5.02 Å². The molecule has 4 nitrogen and oxygen atoms in total. The fourth-order valence-corrected chi connectivity index (χ4v) is 3.63. The molecule has 0 saturated carbocycles. The Labute approximate surface area is 147 Å². The third-order valence-electron chi connectivity index (χ3n) is 3.07. The first-order chi connectivity index (χ1) is 11.2. The van der Waals surface area contributed by atoms with Gasteiger partial charge in [0.2, 0.25) is 5.91 Å². The van der Waals surface area contributed by atoms with Gasteiger partial charge in [-0.3, -0.25) is 9.36 Å². The lowest BCUT2D eigenvalue weighted by Gasteiger charge is -2.08. The summed E-state index contributed by atoms with van der Waals surface area (Å²) >= 11 is 9.06. The number of halogens is 1. The molecule has 0 spiro atoms. The van der Waals surface area contributed by atoms with Crippen LogP contribution in [0.25, 0.3) is 5.69 Å². The number of imidazole rings is 1. The van der Waals surface area contributed by atoms with Gasteiger partial charge >= 0.3 is 0 Å². The van der Waals surface area contributed by atoms with Gasteiger partial charge in [0.25, 0.3) is 0 Å². The van der Waals surface area contributed by atoms with E-state index < -0.39 is 0 Å². The molecule has 3 aromatic rings. The highest BCUT2D eigenvalue weighted by Gasteiger charge is 2.09. The molecule has 0 radical (unpaired) electrons. The molecule has 118 valence electrons. The van der Waals surface area contributed by atoms with Gasteiger partial charge in [0.05, 0.1) is 12.3 Å². The molecule has 0 bridgehead atoms. The van der Waals surface area contributed by atoms with E-state index in [9.17, 15) is 4.79 Å². The van der Waals surface area contributed by atoms with Crippen LogP contribution < -0.4 is 5.32 Å². The molecular formula is C16H14ClN3OS2. The SMILES string of the molecule is O=C(CSc1nccn1-c1cccc(Cl)c1)NCc1cccs1. The first-order valence-electron chi connectivity index (χ1n) is 6.93. The van der Waals surface area contributed by atoms with Crippen molar-refractivity contribution in [3.05, 3.63) is 64.1 Å². The predicted molar refractivity (Wildman–Crippen MR) is 95.5 cm³/mol. The molecule has 0 fully saturated rings. The van der Waals surface area contributed by atoms with Gasteiger partial charge in [0, 0.05) is 28.0 Å². The number of amides is 1. The molecule has 0 unspecified atom stereocenters. The molecular weight excluding hydrogens is 350 g/mol. The number of nitrogens with one attached hydrogen (secondary N) is 1. The Morgan fingerprint density at radius 1 is 1.35 bits per heavy atom. The minimum atomic E-state index is -0.0101. The number of benzene rings is 1. The number of rotatable bonds is 6. The summed E-state index contributed by atoms with van der Waals surface area (Å²) in [4.78, 5) is 17.4. The fourth-order valence-electron chi connectivity index (χ4n) is 2.00. The van der Waals surface area contributed by atoms with Crippen LogP contribution in [0.3, 0.4) is 0 Å². The van der Waals surface area contributed by atoms with Crippen molar-refractivity contribution in [1.29, 1.82) is 0 Å². The zero-order chi connectivity index (χ0) is 16.1. The van der Waals surface area contributed by atoms with E-state index in [4.69, 9.17) is 11.6 Å². The van der Waals surface area contributed by atoms with E-state index in [1.807, 2.05) is 52.5 Å². The Kier molecular flexibility index (Phi) is 5.38. The second kappa shape index (κ2) is 7.68. The molecule has 1 amide bonds. The minimum Gasteiger partial charge on any atom is -0.350 e. The number of aromatic nitrogens is 2. The van der Waals surface area contributed by atoms with Gasteiger partial charge in [-0.05, 0) is 29.6 Å². The first-order valence-corrected chi connectivity index (χ1v) is 9.18. The van der Waals surface area contributed by atoms with Crippen molar-refractivity contribution < 1.29 is 4.79 Å². The summed E-state index contributed by atoms with van der Waals surface area (Å²) in [6.07, 6.45) is 3.57. The van der Waals surface area contributed by atoms with Crippen molar-refractivity contribution in [3.8, 4) is 5.69 Å². The summed E-state index contributed by atoms with van der Waals surface area (Å²) in [7, 11) is 0. The highest BCUT2D eigenvalue weighted by molar-refractivity contribution is 7.99. The summed E-state index contributed by atoms with van der Waals surface area (Å²) < 4.78 is 1.92. The molecule has 1 aromatic carbocycles. The molecule has 1 N–H and O–H groups in total. The second-order valence-electron chi connectivity index (χ2n) is 4.70. The van der Waals surface area contributed by atoms with Crippen LogP contribution in [0.5, 0.6) is 0 Å². The highest BCUT2D eigenvalue weighted by atomic mass is 35.5. The number of thioether (sulfide) groups is 1. The molecule has 0 aliphatic rings. The smallest absolute Gasteiger partial charge is 0.230 e. The maximum Gasteiger partial charge on any atom is 0.230 e. The summed E-state index contributed by atoms with van der Waals surface area (Å²) in [5, 5.41) is 6.34. The average Bonchev–Trinajstić information content (AvgIpc) is 3.22. The number of carbonyl (C=O) groups excluding carboxylic acids is 1. The predicted octanol–water partition coefficient (Wildman–Crippen LogP) is 4.00. The standard InChI is InChI=1S/C16H14ClN3OS2/c17-12-3-1-4-13(9-12)20-7-6-18-16(20)23-11-15(21)19-10-14-5-2-8-22-14/h1-9H,10-11H2,(H,19,21). The Morgan fingerprint density at radius 3 is 3.04 bits per heavy atom. The molecule has 2 aromatic heterocycles. The van der Waals surface area contributed by atoms with E-state index in [1.54, 1.807) is 17.5 Å². The number of carbonyl (C=O) groups is 1. The van der Waals surface area contributed by atoms with Gasteiger partial charge in [-0.25, -0.2) is 4.98 Å². The molecule has 23 heavy (non-hydrogen) atoms. The molecule has 3 rings (SSSR count). The fraction of sp³-hybridized carbons (Fsp3) is 0.125. The van der Waals surface area contributed by atoms with E-state index in [0.717, 1.165) is 15.7 Å². The van der Waals surface area contributed by atoms with Gasteiger partial charge in [-0.2, -0.15) is 0 Å². The van der Waals surface area contributed by atoms with Gasteiger partial charge in [-0.1, -0.05) is 35.5 Å². The lowest BCUT2D eigenvalue weighted by Crippen LogP contribution is -2.24. The summed E-state index contributed by atoms with van der Waals surface area (Å²) in [5.41, 5.74) is 0.927. The van der Waals surface area contributed by atoms with Crippen LogP contribution >= 0.6 is 34.7 Å². The van der Waals surface area contributed by atoms with Gasteiger partial charge in [0.1, 0.15) is 0 Å². The van der Waals surface area contributed by atoms with E-state index in [2.05, 4.69) is 10.3 Å². The number of thiophene rings is 1.